The number of halogens is 3. The Morgan fingerprint density at radius 2 is 1.67 bits per heavy atom. The Morgan fingerprint density at radius 1 is 1.03 bits per heavy atom. The van der Waals surface area contributed by atoms with Gasteiger partial charge in [-0.1, -0.05) is 30.3 Å². The lowest BCUT2D eigenvalue weighted by Gasteiger charge is -2.42. The Balaban J connectivity index is 1.89. The van der Waals surface area contributed by atoms with Crippen LogP contribution < -0.4 is 14.8 Å². The minimum absolute atomic E-state index is 0.0428. The highest BCUT2D eigenvalue weighted by molar-refractivity contribution is 5.69. The Labute approximate surface area is 210 Å². The molecular formula is C27H35F3N2O4. The normalized spacial score (nSPS) is 18.6. The zero-order valence-corrected chi connectivity index (χ0v) is 21.4. The smallest absolute Gasteiger partial charge is 0.410 e. The second-order valence-corrected chi connectivity index (χ2v) is 9.93. The van der Waals surface area contributed by atoms with Crippen molar-refractivity contribution in [3.05, 3.63) is 59.2 Å². The summed E-state index contributed by atoms with van der Waals surface area (Å²) < 4.78 is 55.8. The first-order chi connectivity index (χ1) is 16.9. The molecule has 6 nitrogen and oxygen atoms in total. The van der Waals surface area contributed by atoms with Crippen molar-refractivity contribution in [1.29, 1.82) is 0 Å². The summed E-state index contributed by atoms with van der Waals surface area (Å²) in [6.07, 6.45) is -4.32. The summed E-state index contributed by atoms with van der Waals surface area (Å²) in [5.74, 6) is 0.560. The molecule has 1 aliphatic rings. The van der Waals surface area contributed by atoms with Crippen molar-refractivity contribution >= 4 is 6.09 Å². The Kier molecular flexibility index (Phi) is 8.76. The van der Waals surface area contributed by atoms with Gasteiger partial charge >= 0.3 is 12.3 Å². The number of carbonyl (C=O) groups excluding carboxylic acids is 1. The number of nitrogens with zero attached hydrogens (tertiary/aromatic N) is 1. The van der Waals surface area contributed by atoms with Crippen molar-refractivity contribution < 1.29 is 32.2 Å². The van der Waals surface area contributed by atoms with Crippen molar-refractivity contribution in [2.45, 2.75) is 70.4 Å². The molecule has 1 N–H and O–H groups in total. The molecule has 3 rings (SSSR count). The van der Waals surface area contributed by atoms with Crippen LogP contribution in [0.15, 0.2) is 42.5 Å². The third-order valence-electron chi connectivity index (χ3n) is 6.03. The van der Waals surface area contributed by atoms with Crippen LogP contribution in [0.25, 0.3) is 0 Å². The van der Waals surface area contributed by atoms with Crippen LogP contribution in [0.5, 0.6) is 11.5 Å². The van der Waals surface area contributed by atoms with Gasteiger partial charge in [0, 0.05) is 36.3 Å². The topological polar surface area (TPSA) is 60.0 Å². The first-order valence-corrected chi connectivity index (χ1v) is 12.0. The summed E-state index contributed by atoms with van der Waals surface area (Å²) in [6.45, 7) is 6.30. The summed E-state index contributed by atoms with van der Waals surface area (Å²) in [5.41, 5.74) is 0.948. The fourth-order valence-electron chi connectivity index (χ4n) is 4.57. The first-order valence-electron chi connectivity index (χ1n) is 12.0. The van der Waals surface area contributed by atoms with Gasteiger partial charge in [-0.05, 0) is 45.2 Å². The average molecular weight is 509 g/mol. The number of hydrogen-bond donors (Lipinski definition) is 1. The molecule has 1 amide bonds. The van der Waals surface area contributed by atoms with Gasteiger partial charge in [0.25, 0.3) is 0 Å². The van der Waals surface area contributed by atoms with Crippen LogP contribution in [0.1, 0.15) is 56.3 Å². The van der Waals surface area contributed by atoms with Crippen LogP contribution in [0.2, 0.25) is 0 Å². The summed E-state index contributed by atoms with van der Waals surface area (Å²) in [4.78, 5) is 14.8. The molecule has 0 radical (unpaired) electrons. The van der Waals surface area contributed by atoms with E-state index in [4.69, 9.17) is 14.2 Å². The van der Waals surface area contributed by atoms with E-state index in [1.54, 1.807) is 4.90 Å². The zero-order chi connectivity index (χ0) is 26.5. The third kappa shape index (κ3) is 7.29. The SMILES string of the molecule is COc1cc(OC)c(CC(F)(F)F)cc1CN[C@H]1CCCN(C(=O)OC(C)(C)C)[C@H]1c1ccccc1. The highest BCUT2D eigenvalue weighted by atomic mass is 19.4. The molecule has 1 fully saturated rings. The lowest BCUT2D eigenvalue weighted by Crippen LogP contribution is -2.51. The van der Waals surface area contributed by atoms with E-state index in [1.165, 1.54) is 26.4 Å². The molecule has 0 aliphatic carbocycles. The predicted octanol–water partition coefficient (Wildman–Crippen LogP) is 6.04. The van der Waals surface area contributed by atoms with E-state index in [9.17, 15) is 18.0 Å². The maximum absolute atomic E-state index is 13.2. The number of likely N-dealkylation sites (tertiary alicyclic amines) is 1. The fraction of sp³-hybridized carbons (Fsp3) is 0.519. The van der Waals surface area contributed by atoms with E-state index in [1.807, 2.05) is 51.1 Å². The second-order valence-electron chi connectivity index (χ2n) is 9.93. The van der Waals surface area contributed by atoms with Gasteiger partial charge in [-0.15, -0.1) is 0 Å². The molecule has 36 heavy (non-hydrogen) atoms. The number of amides is 1. The van der Waals surface area contributed by atoms with Gasteiger partial charge in [0.1, 0.15) is 17.1 Å². The van der Waals surface area contributed by atoms with Crippen molar-refractivity contribution in [3.63, 3.8) is 0 Å². The number of piperidine rings is 1. The van der Waals surface area contributed by atoms with E-state index in [-0.39, 0.29) is 29.9 Å². The molecule has 1 heterocycles. The number of ether oxygens (including phenoxy) is 3. The molecular weight excluding hydrogens is 473 g/mol. The van der Waals surface area contributed by atoms with Gasteiger partial charge in [0.05, 0.1) is 26.7 Å². The largest absolute Gasteiger partial charge is 0.496 e. The van der Waals surface area contributed by atoms with Gasteiger partial charge in [-0.25, -0.2) is 4.79 Å². The van der Waals surface area contributed by atoms with Crippen LogP contribution >= 0.6 is 0 Å². The minimum atomic E-state index is -4.37. The highest BCUT2D eigenvalue weighted by Crippen LogP contribution is 2.36. The fourth-order valence-corrected chi connectivity index (χ4v) is 4.57. The van der Waals surface area contributed by atoms with Crippen LogP contribution in [0.3, 0.4) is 0 Å². The molecule has 0 saturated carbocycles. The molecule has 1 aliphatic heterocycles. The Morgan fingerprint density at radius 3 is 2.25 bits per heavy atom. The van der Waals surface area contributed by atoms with E-state index < -0.39 is 24.3 Å². The first kappa shape index (κ1) is 27.6. The van der Waals surface area contributed by atoms with E-state index in [0.29, 0.717) is 17.9 Å². The van der Waals surface area contributed by atoms with E-state index in [0.717, 1.165) is 18.4 Å². The maximum Gasteiger partial charge on any atom is 0.410 e. The number of benzene rings is 2. The Hall–Kier alpha value is -2.94. The number of nitrogens with one attached hydrogen (secondary N) is 1. The van der Waals surface area contributed by atoms with Gasteiger partial charge in [0.15, 0.2) is 0 Å². The quantitative estimate of drug-likeness (QED) is 0.494. The van der Waals surface area contributed by atoms with E-state index in [2.05, 4.69) is 5.32 Å². The molecule has 1 saturated heterocycles. The highest BCUT2D eigenvalue weighted by Gasteiger charge is 2.37. The third-order valence-corrected chi connectivity index (χ3v) is 6.03. The molecule has 2 aromatic rings. The van der Waals surface area contributed by atoms with Crippen molar-refractivity contribution in [3.8, 4) is 11.5 Å². The summed E-state index contributed by atoms with van der Waals surface area (Å²) in [6, 6.07) is 12.2. The van der Waals surface area contributed by atoms with Crippen LogP contribution in [-0.2, 0) is 17.7 Å². The van der Waals surface area contributed by atoms with Gasteiger partial charge < -0.3 is 19.5 Å². The zero-order valence-electron chi connectivity index (χ0n) is 21.4. The number of rotatable bonds is 7. The van der Waals surface area contributed by atoms with Crippen molar-refractivity contribution in [2.75, 3.05) is 20.8 Å². The van der Waals surface area contributed by atoms with Gasteiger partial charge in [0.2, 0.25) is 0 Å². The van der Waals surface area contributed by atoms with Crippen LogP contribution in [-0.4, -0.2) is 49.6 Å². The summed E-state index contributed by atoms with van der Waals surface area (Å²) in [5, 5.41) is 3.48. The maximum atomic E-state index is 13.2. The molecule has 2 aromatic carbocycles. The molecule has 0 unspecified atom stereocenters. The molecule has 2 atom stereocenters. The van der Waals surface area contributed by atoms with E-state index >= 15 is 0 Å². The van der Waals surface area contributed by atoms with Gasteiger partial charge in [-0.2, -0.15) is 13.2 Å². The lowest BCUT2D eigenvalue weighted by molar-refractivity contribution is -0.127. The van der Waals surface area contributed by atoms with Gasteiger partial charge in [-0.3, -0.25) is 4.90 Å². The molecule has 0 bridgehead atoms. The monoisotopic (exact) mass is 508 g/mol. The standard InChI is InChI=1S/C27H35F3N2O4/c1-26(2,3)36-25(33)32-13-9-12-21(24(32)18-10-7-6-8-11-18)31-17-20-14-19(16-27(28,29)30)22(34-4)15-23(20)35-5/h6-8,10-11,14-15,21,24,31H,9,12-13,16-17H2,1-5H3/t21-,24-/m0/s1. The number of alkyl halides is 3. The second kappa shape index (κ2) is 11.4. The number of methoxy groups -OCH3 is 2. The van der Waals surface area contributed by atoms with Crippen molar-refractivity contribution in [2.24, 2.45) is 0 Å². The predicted molar refractivity (Wildman–Crippen MR) is 131 cm³/mol. The lowest BCUT2D eigenvalue weighted by atomic mass is 9.90. The minimum Gasteiger partial charge on any atom is -0.496 e. The molecule has 9 heteroatoms. The summed E-state index contributed by atoms with van der Waals surface area (Å²) in [7, 11) is 2.81. The van der Waals surface area contributed by atoms with Crippen LogP contribution in [0, 0.1) is 0 Å². The molecule has 0 spiro atoms. The number of carbonyl (C=O) groups is 1. The van der Waals surface area contributed by atoms with Crippen LogP contribution in [0.4, 0.5) is 18.0 Å². The molecule has 198 valence electrons. The van der Waals surface area contributed by atoms with Crippen molar-refractivity contribution in [1.82, 2.24) is 10.2 Å². The number of hydrogen-bond acceptors (Lipinski definition) is 5. The average Bonchev–Trinajstić information content (AvgIpc) is 2.81. The Bertz CT molecular complexity index is 1020. The summed E-state index contributed by atoms with van der Waals surface area (Å²) >= 11 is 0. The molecule has 0 aromatic heterocycles.